The molecule has 2 heterocycles. The molecule has 1 aromatic carbocycles. The van der Waals surface area contributed by atoms with Gasteiger partial charge in [0, 0.05) is 10.6 Å². The molecule has 0 atom stereocenters. The van der Waals surface area contributed by atoms with Gasteiger partial charge in [0.05, 0.1) is 11.1 Å². The fraction of sp³-hybridized carbons (Fsp3) is 0.143. The van der Waals surface area contributed by atoms with Crippen LogP contribution in [0.3, 0.4) is 0 Å². The van der Waals surface area contributed by atoms with Crippen LogP contribution in [0, 0.1) is 0 Å². The van der Waals surface area contributed by atoms with Crippen molar-refractivity contribution in [3.05, 3.63) is 52.6 Å². The van der Waals surface area contributed by atoms with Crippen molar-refractivity contribution >= 4 is 28.5 Å². The third-order valence-electron chi connectivity index (χ3n) is 3.00. The van der Waals surface area contributed by atoms with Gasteiger partial charge in [-0.25, -0.2) is 4.98 Å². The van der Waals surface area contributed by atoms with E-state index < -0.39 is 0 Å². The summed E-state index contributed by atoms with van der Waals surface area (Å²) >= 11 is 5.83. The van der Waals surface area contributed by atoms with Crippen LogP contribution in [0.1, 0.15) is 28.7 Å². The van der Waals surface area contributed by atoms with Gasteiger partial charge >= 0.3 is 0 Å². The van der Waals surface area contributed by atoms with Gasteiger partial charge < -0.3 is 4.52 Å². The number of halogens is 1. The number of carbonyl (C=O) groups is 1. The Balaban J connectivity index is 2.16. The van der Waals surface area contributed by atoms with E-state index in [-0.39, 0.29) is 5.78 Å². The van der Waals surface area contributed by atoms with E-state index in [1.165, 1.54) is 6.33 Å². The zero-order valence-electron chi connectivity index (χ0n) is 10.6. The maximum atomic E-state index is 12.5. The van der Waals surface area contributed by atoms with Gasteiger partial charge in [-0.1, -0.05) is 23.7 Å². The lowest BCUT2D eigenvalue weighted by Gasteiger charge is -2.02. The van der Waals surface area contributed by atoms with Crippen LogP contribution in [0.4, 0.5) is 0 Å². The minimum Gasteiger partial charge on any atom is -0.335 e. The average molecular weight is 288 g/mol. The molecule has 0 saturated carbocycles. The summed E-state index contributed by atoms with van der Waals surface area (Å²) in [6.45, 7) is 1.93. The smallest absolute Gasteiger partial charge is 0.261 e. The van der Waals surface area contributed by atoms with Crippen molar-refractivity contribution in [2.45, 2.75) is 13.3 Å². The highest BCUT2D eigenvalue weighted by atomic mass is 35.5. The summed E-state index contributed by atoms with van der Waals surface area (Å²) in [7, 11) is 0. The Bertz CT molecular complexity index is 781. The number of rotatable bonds is 3. The Morgan fingerprint density at radius 3 is 2.70 bits per heavy atom. The van der Waals surface area contributed by atoms with Crippen LogP contribution in [0.5, 0.6) is 0 Å². The molecule has 2 aromatic heterocycles. The lowest BCUT2D eigenvalue weighted by Crippen LogP contribution is -2.06. The van der Waals surface area contributed by atoms with Crippen LogP contribution in [0.2, 0.25) is 5.02 Å². The lowest BCUT2D eigenvalue weighted by atomic mass is 10.0. The third kappa shape index (κ3) is 2.06. The zero-order valence-corrected chi connectivity index (χ0v) is 11.4. The molecule has 100 valence electrons. The molecule has 0 spiro atoms. The van der Waals surface area contributed by atoms with Crippen molar-refractivity contribution < 1.29 is 9.32 Å². The van der Waals surface area contributed by atoms with Crippen LogP contribution in [0.25, 0.3) is 11.1 Å². The predicted molar refractivity (Wildman–Crippen MR) is 73.9 cm³/mol. The molecular weight excluding hydrogens is 278 g/mol. The van der Waals surface area contributed by atoms with Gasteiger partial charge in [0.25, 0.3) is 5.71 Å². The van der Waals surface area contributed by atoms with Crippen LogP contribution in [0.15, 0.2) is 35.1 Å². The number of hydrogen-bond acceptors (Lipinski definition) is 5. The van der Waals surface area contributed by atoms with Crippen LogP contribution in [-0.2, 0) is 6.42 Å². The fourth-order valence-electron chi connectivity index (χ4n) is 1.99. The first kappa shape index (κ1) is 12.7. The minimum atomic E-state index is -0.202. The molecular formula is C14H10ClN3O2. The maximum Gasteiger partial charge on any atom is 0.261 e. The molecule has 3 aromatic rings. The summed E-state index contributed by atoms with van der Waals surface area (Å²) in [6, 6.07) is 6.67. The largest absolute Gasteiger partial charge is 0.335 e. The molecule has 0 bridgehead atoms. The minimum absolute atomic E-state index is 0.202. The first-order valence-electron chi connectivity index (χ1n) is 6.10. The molecule has 0 aliphatic carbocycles. The van der Waals surface area contributed by atoms with E-state index in [1.807, 2.05) is 6.92 Å². The molecule has 0 amide bonds. The SMILES string of the molecule is CCc1noc2ncnc(C(=O)c3ccc(Cl)cc3)c12. The third-order valence-corrected chi connectivity index (χ3v) is 3.25. The predicted octanol–water partition coefficient (Wildman–Crippen LogP) is 3.06. The van der Waals surface area contributed by atoms with Gasteiger partial charge in [-0.3, -0.25) is 4.79 Å². The number of hydrogen-bond donors (Lipinski definition) is 0. The Morgan fingerprint density at radius 1 is 1.25 bits per heavy atom. The van der Waals surface area contributed by atoms with E-state index >= 15 is 0 Å². The van der Waals surface area contributed by atoms with Crippen LogP contribution in [-0.4, -0.2) is 20.9 Å². The number of carbonyl (C=O) groups excluding carboxylic acids is 1. The molecule has 0 saturated heterocycles. The number of aromatic nitrogens is 3. The summed E-state index contributed by atoms with van der Waals surface area (Å²) in [6.07, 6.45) is 1.94. The molecule has 0 unspecified atom stereocenters. The Labute approximate surface area is 119 Å². The average Bonchev–Trinajstić information content (AvgIpc) is 2.90. The van der Waals surface area contributed by atoms with Crippen molar-refractivity contribution in [1.82, 2.24) is 15.1 Å². The number of benzene rings is 1. The molecule has 0 aliphatic heterocycles. The van der Waals surface area contributed by atoms with Gasteiger partial charge in [-0.05, 0) is 30.7 Å². The van der Waals surface area contributed by atoms with Crippen molar-refractivity contribution in [1.29, 1.82) is 0 Å². The molecule has 20 heavy (non-hydrogen) atoms. The van der Waals surface area contributed by atoms with Gasteiger partial charge in [-0.2, -0.15) is 4.98 Å². The van der Waals surface area contributed by atoms with E-state index in [9.17, 15) is 4.79 Å². The first-order valence-corrected chi connectivity index (χ1v) is 6.48. The van der Waals surface area contributed by atoms with E-state index in [0.717, 1.165) is 0 Å². The molecule has 6 heteroatoms. The molecule has 0 fully saturated rings. The molecule has 0 radical (unpaired) electrons. The molecule has 5 nitrogen and oxygen atoms in total. The van der Waals surface area contributed by atoms with Crippen molar-refractivity contribution in [3.8, 4) is 0 Å². The Kier molecular flexibility index (Phi) is 3.20. The highest BCUT2D eigenvalue weighted by molar-refractivity contribution is 6.30. The summed E-state index contributed by atoms with van der Waals surface area (Å²) in [5, 5.41) is 5.07. The fourth-order valence-corrected chi connectivity index (χ4v) is 2.12. The van der Waals surface area contributed by atoms with Gasteiger partial charge in [-0.15, -0.1) is 0 Å². The Hall–Kier alpha value is -2.27. The second-order valence-electron chi connectivity index (χ2n) is 4.22. The van der Waals surface area contributed by atoms with Gasteiger partial charge in [0.1, 0.15) is 12.0 Å². The number of aryl methyl sites for hydroxylation is 1. The lowest BCUT2D eigenvalue weighted by molar-refractivity contribution is 0.103. The van der Waals surface area contributed by atoms with E-state index in [0.29, 0.717) is 39.5 Å². The summed E-state index contributed by atoms with van der Waals surface area (Å²) in [4.78, 5) is 20.6. The van der Waals surface area contributed by atoms with E-state index in [4.69, 9.17) is 16.1 Å². The topological polar surface area (TPSA) is 68.9 Å². The number of ketones is 1. The highest BCUT2D eigenvalue weighted by Gasteiger charge is 2.20. The molecule has 0 aliphatic rings. The standard InChI is InChI=1S/C14H10ClN3O2/c1-2-10-11-12(16-7-17-14(11)20-18-10)13(19)8-3-5-9(15)6-4-8/h3-7H,2H2,1H3. The van der Waals surface area contributed by atoms with E-state index in [1.54, 1.807) is 24.3 Å². The monoisotopic (exact) mass is 287 g/mol. The number of fused-ring (bicyclic) bond motifs is 1. The van der Waals surface area contributed by atoms with Crippen molar-refractivity contribution in [2.24, 2.45) is 0 Å². The second-order valence-corrected chi connectivity index (χ2v) is 4.66. The highest BCUT2D eigenvalue weighted by Crippen LogP contribution is 2.22. The van der Waals surface area contributed by atoms with Crippen LogP contribution >= 0.6 is 11.6 Å². The number of nitrogens with zero attached hydrogens (tertiary/aromatic N) is 3. The first-order chi connectivity index (χ1) is 9.70. The quantitative estimate of drug-likeness (QED) is 0.693. The summed E-state index contributed by atoms with van der Waals surface area (Å²) < 4.78 is 5.11. The van der Waals surface area contributed by atoms with Crippen molar-refractivity contribution in [3.63, 3.8) is 0 Å². The van der Waals surface area contributed by atoms with Gasteiger partial charge in [0.15, 0.2) is 0 Å². The summed E-state index contributed by atoms with van der Waals surface area (Å²) in [5.41, 5.74) is 1.82. The second kappa shape index (κ2) is 5.02. The van der Waals surface area contributed by atoms with Crippen LogP contribution < -0.4 is 0 Å². The molecule has 0 N–H and O–H groups in total. The van der Waals surface area contributed by atoms with Gasteiger partial charge in [0.2, 0.25) is 5.78 Å². The van der Waals surface area contributed by atoms with Crippen molar-refractivity contribution in [2.75, 3.05) is 0 Å². The zero-order chi connectivity index (χ0) is 14.1. The Morgan fingerprint density at radius 2 is 2.00 bits per heavy atom. The molecule has 3 rings (SSSR count). The maximum absolute atomic E-state index is 12.5. The normalized spacial score (nSPS) is 10.9. The summed E-state index contributed by atoms with van der Waals surface area (Å²) in [5.74, 6) is -0.202. The van der Waals surface area contributed by atoms with E-state index in [2.05, 4.69) is 15.1 Å².